The Balaban J connectivity index is 0.959. The Labute approximate surface area is 321 Å². The molecule has 0 radical (unpaired) electrons. The lowest BCUT2D eigenvalue weighted by Gasteiger charge is -2.22. The fraction of sp³-hybridized carbons (Fsp3) is 0.268. The van der Waals surface area contributed by atoms with Crippen LogP contribution in [-0.4, -0.2) is 87.0 Å². The SMILES string of the molecule is COc1cc2c(cc1OCCCOc1cc3c(cc1OC)C(=O)N1C=C(c4cccs4)CC1C(=O)N3C)N(C)C(=O)C1CC(c3ccc(N)cc3)=CN1C2=O. The first kappa shape index (κ1) is 35.7. The highest BCUT2D eigenvalue weighted by Gasteiger charge is 2.43. The molecule has 5 heterocycles. The fourth-order valence-electron chi connectivity index (χ4n) is 7.49. The van der Waals surface area contributed by atoms with E-state index in [1.165, 1.54) is 33.8 Å². The van der Waals surface area contributed by atoms with Gasteiger partial charge in [-0.2, -0.15) is 0 Å². The number of fused-ring (bicyclic) bond motifs is 4. The van der Waals surface area contributed by atoms with Gasteiger partial charge in [0, 0.05) is 68.5 Å². The third kappa shape index (κ3) is 6.21. The summed E-state index contributed by atoms with van der Waals surface area (Å²) in [6, 6.07) is 16.5. The highest BCUT2D eigenvalue weighted by atomic mass is 32.1. The van der Waals surface area contributed by atoms with Crippen LogP contribution >= 0.6 is 11.3 Å². The average Bonchev–Trinajstić information content (AvgIpc) is 3.98. The van der Waals surface area contributed by atoms with Gasteiger partial charge in [0.2, 0.25) is 11.8 Å². The van der Waals surface area contributed by atoms with Crippen LogP contribution in [0.2, 0.25) is 0 Å². The van der Waals surface area contributed by atoms with Gasteiger partial charge < -0.3 is 44.3 Å². The number of hydrogen-bond acceptors (Lipinski definition) is 10. The lowest BCUT2D eigenvalue weighted by Crippen LogP contribution is -2.42. The minimum absolute atomic E-state index is 0.192. The Morgan fingerprint density at radius 1 is 0.691 bits per heavy atom. The van der Waals surface area contributed by atoms with Gasteiger partial charge in [-0.3, -0.25) is 19.2 Å². The molecule has 282 valence electrons. The number of hydrogen-bond donors (Lipinski definition) is 1. The summed E-state index contributed by atoms with van der Waals surface area (Å²) in [4.78, 5) is 62.1. The number of nitrogens with zero attached hydrogens (tertiary/aromatic N) is 4. The van der Waals surface area contributed by atoms with Gasteiger partial charge >= 0.3 is 0 Å². The molecule has 4 aromatic rings. The van der Waals surface area contributed by atoms with E-state index in [1.807, 2.05) is 29.6 Å². The molecule has 4 amide bonds. The number of anilines is 3. The number of ether oxygens (including phenoxy) is 4. The normalized spacial score (nSPS) is 18.9. The van der Waals surface area contributed by atoms with Crippen LogP contribution in [0, 0.1) is 0 Å². The van der Waals surface area contributed by atoms with Crippen LogP contribution in [0.3, 0.4) is 0 Å². The zero-order chi connectivity index (χ0) is 38.5. The van der Waals surface area contributed by atoms with Gasteiger partial charge in [-0.1, -0.05) is 18.2 Å². The standard InChI is InChI=1S/C41H39N5O8S/c1-43-29-19-35(33(51-3)17-27(29)38(47)45-21-24(15-31(45)40(43)49)23-8-10-26(42)11-9-23)53-12-6-13-54-36-20-30-28(18-34(36)52-4)39(48)46-22-25(37-7-5-14-55-37)16-32(46)41(50)44(30)2/h5,7-11,14,17-22,31-32H,6,12-13,15-16,42H2,1-4H3. The van der Waals surface area contributed by atoms with Crippen LogP contribution in [0.5, 0.6) is 23.0 Å². The molecule has 0 spiro atoms. The van der Waals surface area contributed by atoms with E-state index in [-0.39, 0.29) is 36.8 Å². The van der Waals surface area contributed by atoms with Gasteiger partial charge in [0.05, 0.1) is 49.9 Å². The Bertz CT molecular complexity index is 2290. The quantitative estimate of drug-likeness (QED) is 0.160. The third-order valence-electron chi connectivity index (χ3n) is 10.5. The largest absolute Gasteiger partial charge is 0.493 e. The number of nitrogens with two attached hydrogens (primary N) is 1. The lowest BCUT2D eigenvalue weighted by atomic mass is 10.0. The number of nitrogen functional groups attached to an aromatic ring is 1. The summed E-state index contributed by atoms with van der Waals surface area (Å²) < 4.78 is 23.5. The molecule has 13 nitrogen and oxygen atoms in total. The van der Waals surface area contributed by atoms with Crippen LogP contribution in [0.15, 0.2) is 78.4 Å². The molecule has 2 atom stereocenters. The van der Waals surface area contributed by atoms with Crippen molar-refractivity contribution in [3.63, 3.8) is 0 Å². The van der Waals surface area contributed by atoms with E-state index in [0.29, 0.717) is 70.4 Å². The molecule has 4 aliphatic heterocycles. The first-order chi connectivity index (χ1) is 26.6. The molecular formula is C41H39N5O8S. The summed E-state index contributed by atoms with van der Waals surface area (Å²) in [7, 11) is 6.30. The maximum absolute atomic E-state index is 13.9. The Hall–Kier alpha value is -6.28. The maximum Gasteiger partial charge on any atom is 0.260 e. The van der Waals surface area contributed by atoms with Crippen molar-refractivity contribution in [2.24, 2.45) is 0 Å². The van der Waals surface area contributed by atoms with E-state index in [9.17, 15) is 19.2 Å². The highest BCUT2D eigenvalue weighted by molar-refractivity contribution is 7.11. The number of likely N-dealkylation sites (N-methyl/N-ethyl adjacent to an activating group) is 2. The molecule has 0 saturated heterocycles. The summed E-state index contributed by atoms with van der Waals surface area (Å²) in [5.74, 6) is 0.431. The van der Waals surface area contributed by atoms with Gasteiger partial charge in [-0.15, -0.1) is 11.3 Å². The van der Waals surface area contributed by atoms with Gasteiger partial charge in [0.15, 0.2) is 23.0 Å². The van der Waals surface area contributed by atoms with E-state index in [0.717, 1.165) is 21.6 Å². The summed E-state index contributed by atoms with van der Waals surface area (Å²) in [5.41, 5.74) is 10.7. The van der Waals surface area contributed by atoms with E-state index in [1.54, 1.807) is 74.2 Å². The van der Waals surface area contributed by atoms with Crippen molar-refractivity contribution in [2.45, 2.75) is 31.3 Å². The maximum atomic E-state index is 13.9. The van der Waals surface area contributed by atoms with E-state index >= 15 is 0 Å². The lowest BCUT2D eigenvalue weighted by molar-refractivity contribution is -0.122. The van der Waals surface area contributed by atoms with Gasteiger partial charge in [0.1, 0.15) is 12.1 Å². The summed E-state index contributed by atoms with van der Waals surface area (Å²) in [6.45, 7) is 0.425. The smallest absolute Gasteiger partial charge is 0.260 e. The van der Waals surface area contributed by atoms with Crippen molar-refractivity contribution in [3.05, 3.63) is 100 Å². The Kier molecular flexibility index (Phi) is 9.21. The van der Waals surface area contributed by atoms with Crippen LogP contribution in [0.25, 0.3) is 11.1 Å². The molecule has 1 aromatic heterocycles. The van der Waals surface area contributed by atoms with Crippen molar-refractivity contribution in [1.82, 2.24) is 9.80 Å². The molecule has 0 saturated carbocycles. The molecule has 0 aliphatic carbocycles. The topological polar surface area (TPSA) is 144 Å². The molecule has 4 aliphatic rings. The summed E-state index contributed by atoms with van der Waals surface area (Å²) in [6.07, 6.45) is 4.76. The zero-order valence-corrected chi connectivity index (χ0v) is 31.6. The average molecular weight is 762 g/mol. The second-order valence-electron chi connectivity index (χ2n) is 13.7. The molecule has 3 aromatic carbocycles. The van der Waals surface area contributed by atoms with Crippen LogP contribution < -0.4 is 34.5 Å². The van der Waals surface area contributed by atoms with E-state index < -0.39 is 12.1 Å². The van der Waals surface area contributed by atoms with Crippen LogP contribution in [0.4, 0.5) is 17.1 Å². The molecule has 8 rings (SSSR count). The number of carbonyl (C=O) groups is 4. The predicted octanol–water partition coefficient (Wildman–Crippen LogP) is 5.66. The van der Waals surface area contributed by atoms with E-state index in [4.69, 9.17) is 24.7 Å². The minimum Gasteiger partial charge on any atom is -0.493 e. The predicted molar refractivity (Wildman–Crippen MR) is 209 cm³/mol. The highest BCUT2D eigenvalue weighted by Crippen LogP contribution is 2.43. The van der Waals surface area contributed by atoms with Crippen molar-refractivity contribution in [3.8, 4) is 23.0 Å². The summed E-state index contributed by atoms with van der Waals surface area (Å²) >= 11 is 1.57. The molecule has 14 heteroatoms. The minimum atomic E-state index is -0.691. The third-order valence-corrected chi connectivity index (χ3v) is 11.4. The molecule has 0 bridgehead atoms. The number of methoxy groups -OCH3 is 2. The zero-order valence-electron chi connectivity index (χ0n) is 30.7. The van der Waals surface area contributed by atoms with Crippen molar-refractivity contribution >= 4 is 63.2 Å². The van der Waals surface area contributed by atoms with Crippen LogP contribution in [-0.2, 0) is 9.59 Å². The fourth-order valence-corrected chi connectivity index (χ4v) is 8.24. The second-order valence-corrected chi connectivity index (χ2v) is 14.6. The number of thiophene rings is 1. The molecule has 2 unspecified atom stereocenters. The summed E-state index contributed by atoms with van der Waals surface area (Å²) in [5, 5.41) is 1.97. The first-order valence-corrected chi connectivity index (χ1v) is 18.7. The Morgan fingerprint density at radius 3 is 1.69 bits per heavy atom. The van der Waals surface area contributed by atoms with Gasteiger partial charge in [0.25, 0.3) is 11.8 Å². The van der Waals surface area contributed by atoms with E-state index in [2.05, 4.69) is 0 Å². The molecular weight excluding hydrogens is 723 g/mol. The second kappa shape index (κ2) is 14.2. The monoisotopic (exact) mass is 761 g/mol. The molecule has 55 heavy (non-hydrogen) atoms. The number of benzene rings is 3. The molecule has 2 N–H and O–H groups in total. The van der Waals surface area contributed by atoms with Crippen molar-refractivity contribution in [1.29, 1.82) is 0 Å². The molecule has 0 fully saturated rings. The van der Waals surface area contributed by atoms with Gasteiger partial charge in [-0.25, -0.2) is 0 Å². The van der Waals surface area contributed by atoms with Crippen molar-refractivity contribution in [2.75, 3.05) is 57.1 Å². The number of amides is 4. The van der Waals surface area contributed by atoms with Crippen LogP contribution in [0.1, 0.15) is 50.4 Å². The van der Waals surface area contributed by atoms with Crippen molar-refractivity contribution < 1.29 is 38.1 Å². The first-order valence-electron chi connectivity index (χ1n) is 17.8. The number of carbonyl (C=O) groups excluding carboxylic acids is 4. The number of rotatable bonds is 10. The Morgan fingerprint density at radius 2 is 1.20 bits per heavy atom. The van der Waals surface area contributed by atoms with Gasteiger partial charge in [-0.05, 0) is 52.4 Å².